The average molecular weight is 247 g/mol. The Labute approximate surface area is 111 Å². The molecule has 18 heavy (non-hydrogen) atoms. The predicted octanol–water partition coefficient (Wildman–Crippen LogP) is 2.41. The van der Waals surface area contributed by atoms with Crippen LogP contribution in [0.25, 0.3) is 0 Å². The Morgan fingerprint density at radius 1 is 1.33 bits per heavy atom. The molecule has 1 unspecified atom stereocenters. The van der Waals surface area contributed by atoms with Gasteiger partial charge in [0.2, 0.25) is 7.28 Å². The van der Waals surface area contributed by atoms with E-state index in [1.54, 1.807) is 7.28 Å². The van der Waals surface area contributed by atoms with Crippen LogP contribution in [0, 0.1) is 0 Å². The minimum atomic E-state index is -0.274. The quantitative estimate of drug-likeness (QED) is 0.567. The SMILES string of the molecule is CC1(C)OB(C2=CCC([B]C=O)CC2)OC1(C)C. The third-order valence-electron chi connectivity index (χ3n) is 4.39. The van der Waals surface area contributed by atoms with Gasteiger partial charge in [-0.15, -0.1) is 0 Å². The van der Waals surface area contributed by atoms with E-state index in [0.717, 1.165) is 25.4 Å². The second kappa shape index (κ2) is 4.86. The highest BCUT2D eigenvalue weighted by Crippen LogP contribution is 2.41. The van der Waals surface area contributed by atoms with E-state index in [-0.39, 0.29) is 18.3 Å². The minimum absolute atomic E-state index is 0.216. The molecule has 1 atom stereocenters. The zero-order valence-electron chi connectivity index (χ0n) is 11.7. The van der Waals surface area contributed by atoms with Crippen LogP contribution in [0.1, 0.15) is 47.0 Å². The number of allylic oxidation sites excluding steroid dienone is 2. The lowest BCUT2D eigenvalue weighted by Crippen LogP contribution is -2.41. The van der Waals surface area contributed by atoms with Crippen LogP contribution < -0.4 is 0 Å². The molecule has 0 amide bonds. The van der Waals surface area contributed by atoms with Gasteiger partial charge >= 0.3 is 7.12 Å². The Morgan fingerprint density at radius 3 is 2.39 bits per heavy atom. The molecule has 0 saturated carbocycles. The van der Waals surface area contributed by atoms with E-state index < -0.39 is 0 Å². The molecular weight excluding hydrogens is 226 g/mol. The van der Waals surface area contributed by atoms with Gasteiger partial charge in [-0.2, -0.15) is 0 Å². The number of carbonyl (C=O) groups excluding carboxylic acids is 1. The van der Waals surface area contributed by atoms with Gasteiger partial charge in [0.05, 0.1) is 17.4 Å². The molecule has 1 aliphatic heterocycles. The van der Waals surface area contributed by atoms with E-state index >= 15 is 0 Å². The molecule has 2 aliphatic rings. The maximum Gasteiger partial charge on any atom is 0.490 e. The molecule has 0 spiro atoms. The number of hydrogen-bond acceptors (Lipinski definition) is 3. The molecule has 0 aromatic carbocycles. The van der Waals surface area contributed by atoms with Crippen LogP contribution in [0.15, 0.2) is 11.5 Å². The fraction of sp³-hybridized carbons (Fsp3) is 0.769. The molecule has 97 valence electrons. The third kappa shape index (κ3) is 2.57. The first kappa shape index (κ1) is 13.9. The van der Waals surface area contributed by atoms with Crippen molar-refractivity contribution < 1.29 is 14.1 Å². The van der Waals surface area contributed by atoms with Crippen molar-refractivity contribution in [2.75, 3.05) is 0 Å². The fourth-order valence-corrected chi connectivity index (χ4v) is 2.37. The van der Waals surface area contributed by atoms with Crippen LogP contribution in [0.3, 0.4) is 0 Å². The number of hydrogen-bond donors (Lipinski definition) is 0. The van der Waals surface area contributed by atoms with Crippen LogP contribution in [0.5, 0.6) is 0 Å². The van der Waals surface area contributed by atoms with Crippen molar-refractivity contribution in [3.8, 4) is 0 Å². The summed E-state index contributed by atoms with van der Waals surface area (Å²) in [6.07, 6.45) is 5.95. The van der Waals surface area contributed by atoms with Gasteiger partial charge in [0.15, 0.2) is 0 Å². The van der Waals surface area contributed by atoms with Gasteiger partial charge in [0.25, 0.3) is 0 Å². The Kier molecular flexibility index (Phi) is 3.75. The van der Waals surface area contributed by atoms with E-state index in [4.69, 9.17) is 9.31 Å². The first-order valence-corrected chi connectivity index (χ1v) is 6.69. The van der Waals surface area contributed by atoms with E-state index in [1.165, 1.54) is 5.47 Å². The van der Waals surface area contributed by atoms with Gasteiger partial charge in [-0.25, -0.2) is 0 Å². The van der Waals surface area contributed by atoms with Gasteiger partial charge in [-0.3, -0.25) is 0 Å². The van der Waals surface area contributed by atoms with Gasteiger partial charge in [0, 0.05) is 0 Å². The Bertz CT molecular complexity index is 347. The second-order valence-corrected chi connectivity index (χ2v) is 6.23. The van der Waals surface area contributed by atoms with Crippen molar-refractivity contribution in [2.24, 2.45) is 0 Å². The van der Waals surface area contributed by atoms with Crippen molar-refractivity contribution in [1.29, 1.82) is 0 Å². The highest BCUT2D eigenvalue weighted by atomic mass is 16.7. The topological polar surface area (TPSA) is 35.5 Å². The Balaban J connectivity index is 2.01. The lowest BCUT2D eigenvalue weighted by atomic mass is 9.58. The van der Waals surface area contributed by atoms with Crippen molar-refractivity contribution in [2.45, 2.75) is 64.0 Å². The summed E-state index contributed by atoms with van der Waals surface area (Å²) in [7, 11) is 1.53. The molecule has 1 saturated heterocycles. The van der Waals surface area contributed by atoms with Crippen LogP contribution in [0.2, 0.25) is 5.82 Å². The molecule has 3 nitrogen and oxygen atoms in total. The molecular formula is C13H21B2O3. The molecule has 1 radical (unpaired) electrons. The van der Waals surface area contributed by atoms with Gasteiger partial charge in [-0.1, -0.05) is 18.3 Å². The predicted molar refractivity (Wildman–Crippen MR) is 74.3 cm³/mol. The molecule has 1 fully saturated rings. The van der Waals surface area contributed by atoms with Gasteiger partial charge < -0.3 is 14.1 Å². The third-order valence-corrected chi connectivity index (χ3v) is 4.39. The summed E-state index contributed by atoms with van der Waals surface area (Å²) >= 11 is 0. The lowest BCUT2D eigenvalue weighted by molar-refractivity contribution is 0.00578. The fourth-order valence-electron chi connectivity index (χ4n) is 2.37. The molecule has 0 aromatic rings. The van der Waals surface area contributed by atoms with Crippen LogP contribution in [-0.2, 0) is 14.1 Å². The summed E-state index contributed by atoms with van der Waals surface area (Å²) in [5.41, 5.74) is 0.679. The summed E-state index contributed by atoms with van der Waals surface area (Å²) in [4.78, 5) is 10.5. The van der Waals surface area contributed by atoms with E-state index in [2.05, 4.69) is 33.8 Å². The number of carbonyl (C=O) groups is 1. The summed E-state index contributed by atoms with van der Waals surface area (Å²) in [5, 5.41) is 0. The van der Waals surface area contributed by atoms with Crippen LogP contribution in [0.4, 0.5) is 0 Å². The molecule has 1 heterocycles. The van der Waals surface area contributed by atoms with E-state index in [9.17, 15) is 4.79 Å². The number of rotatable bonds is 3. The van der Waals surface area contributed by atoms with Crippen molar-refractivity contribution >= 4 is 20.6 Å². The normalized spacial score (nSPS) is 29.9. The summed E-state index contributed by atoms with van der Waals surface area (Å²) in [5.74, 6) is 0.383. The largest absolute Gasteiger partial charge is 0.490 e. The first-order valence-electron chi connectivity index (χ1n) is 6.69. The van der Waals surface area contributed by atoms with Crippen LogP contribution in [-0.4, -0.2) is 31.8 Å². The molecule has 2 rings (SSSR count). The smallest absolute Gasteiger partial charge is 0.400 e. The Morgan fingerprint density at radius 2 is 1.94 bits per heavy atom. The van der Waals surface area contributed by atoms with Crippen molar-refractivity contribution in [1.82, 2.24) is 0 Å². The minimum Gasteiger partial charge on any atom is -0.400 e. The van der Waals surface area contributed by atoms with Crippen molar-refractivity contribution in [3.05, 3.63) is 11.5 Å². The Hall–Kier alpha value is -0.540. The maximum absolute atomic E-state index is 10.5. The van der Waals surface area contributed by atoms with E-state index in [0.29, 0.717) is 5.82 Å². The molecule has 0 aromatic heterocycles. The molecule has 0 bridgehead atoms. The van der Waals surface area contributed by atoms with Crippen molar-refractivity contribution in [3.63, 3.8) is 0 Å². The highest BCUT2D eigenvalue weighted by Gasteiger charge is 2.52. The lowest BCUT2D eigenvalue weighted by Gasteiger charge is -2.32. The van der Waals surface area contributed by atoms with E-state index in [1.807, 2.05) is 0 Å². The maximum atomic E-state index is 10.5. The summed E-state index contributed by atoms with van der Waals surface area (Å²) in [6, 6.07) is 0. The average Bonchev–Trinajstić information content (AvgIpc) is 2.50. The van der Waals surface area contributed by atoms with Crippen LogP contribution >= 0.6 is 0 Å². The first-order chi connectivity index (χ1) is 8.36. The molecule has 0 N–H and O–H groups in total. The standard InChI is InChI=1S/C13H21B2O3/c1-12(2)13(3,4)18-15(17-12)11-7-5-10(6-8-11)14-9-16/h7,9-10H,5-6,8H2,1-4H3. The monoisotopic (exact) mass is 247 g/mol. The van der Waals surface area contributed by atoms with Gasteiger partial charge in [0.1, 0.15) is 0 Å². The molecule has 1 aliphatic carbocycles. The molecule has 5 heteroatoms. The summed E-state index contributed by atoms with van der Waals surface area (Å²) < 4.78 is 12.1. The van der Waals surface area contributed by atoms with Gasteiger partial charge in [-0.05, 0) is 46.0 Å². The summed E-state index contributed by atoms with van der Waals surface area (Å²) in [6.45, 7) is 8.28. The highest BCUT2D eigenvalue weighted by molar-refractivity contribution is 6.68. The zero-order valence-corrected chi connectivity index (χ0v) is 11.7. The zero-order chi connectivity index (χ0) is 13.4. The second-order valence-electron chi connectivity index (χ2n) is 6.23.